The molecular weight excluding hydrogens is 527 g/mol. The van der Waals surface area contributed by atoms with Crippen molar-refractivity contribution in [2.75, 3.05) is 0 Å². The minimum Gasteiger partial charge on any atom is -1.00 e. The van der Waals surface area contributed by atoms with Crippen LogP contribution < -0.4 is 24.8 Å². The van der Waals surface area contributed by atoms with E-state index < -0.39 is 20.4 Å². The Labute approximate surface area is 210 Å². The largest absolute Gasteiger partial charge is 1.00 e. The summed E-state index contributed by atoms with van der Waals surface area (Å²) >= 11 is -1.96. The van der Waals surface area contributed by atoms with Crippen LogP contribution in [-0.4, -0.2) is 5.43 Å². The third-order valence-corrected chi connectivity index (χ3v) is 23.2. The second-order valence-electron chi connectivity index (χ2n) is 8.73. The molecule has 4 aromatic rings. The SMILES string of the molecule is C[Si](C)=[Zr+2]([C]1=CCc2cc3ccccc3cc21)[C]1=CCc2cc3ccccc3cc21.[Cl-].[Cl-]. The number of rotatable bonds is 2. The maximum absolute atomic E-state index is 2.61. The molecule has 0 radical (unpaired) electrons. The van der Waals surface area contributed by atoms with Crippen LogP contribution in [0.5, 0.6) is 0 Å². The molecule has 4 aromatic carbocycles. The van der Waals surface area contributed by atoms with Gasteiger partial charge in [-0.25, -0.2) is 0 Å². The van der Waals surface area contributed by atoms with Gasteiger partial charge in [-0.2, -0.15) is 0 Å². The van der Waals surface area contributed by atoms with E-state index in [0.29, 0.717) is 0 Å². The quantitative estimate of drug-likeness (QED) is 0.331. The third kappa shape index (κ3) is 3.90. The van der Waals surface area contributed by atoms with E-state index in [1.165, 1.54) is 21.5 Å². The van der Waals surface area contributed by atoms with Crippen molar-refractivity contribution in [3.05, 3.63) is 107 Å². The fourth-order valence-electron chi connectivity index (χ4n) is 5.22. The molecule has 0 saturated carbocycles. The van der Waals surface area contributed by atoms with Crippen LogP contribution in [0.4, 0.5) is 0 Å². The van der Waals surface area contributed by atoms with Gasteiger partial charge in [-0.15, -0.1) is 0 Å². The Morgan fingerprint density at radius 2 is 0.969 bits per heavy atom. The van der Waals surface area contributed by atoms with E-state index >= 15 is 0 Å². The van der Waals surface area contributed by atoms with Crippen molar-refractivity contribution in [3.63, 3.8) is 0 Å². The molecular formula is C28H24Cl2SiZr. The number of hydrogen-bond acceptors (Lipinski definition) is 0. The molecule has 0 saturated heterocycles. The van der Waals surface area contributed by atoms with Gasteiger partial charge in [-0.3, -0.25) is 0 Å². The minimum atomic E-state index is -1.96. The van der Waals surface area contributed by atoms with E-state index in [-0.39, 0.29) is 30.2 Å². The van der Waals surface area contributed by atoms with Crippen molar-refractivity contribution in [2.45, 2.75) is 25.9 Å². The Balaban J connectivity index is 0.00000122. The number of halogens is 2. The first-order valence-electron chi connectivity index (χ1n) is 10.8. The van der Waals surface area contributed by atoms with Crippen LogP contribution in [-0.2, 0) is 33.2 Å². The maximum atomic E-state index is 2.61. The number of benzene rings is 4. The molecule has 0 fully saturated rings. The Morgan fingerprint density at radius 3 is 1.34 bits per heavy atom. The van der Waals surface area contributed by atoms with Crippen molar-refractivity contribution in [1.29, 1.82) is 0 Å². The summed E-state index contributed by atoms with van der Waals surface area (Å²) in [6, 6.07) is 27.6. The van der Waals surface area contributed by atoms with E-state index in [2.05, 4.69) is 98.0 Å². The molecule has 0 amide bonds. The molecule has 158 valence electrons. The van der Waals surface area contributed by atoms with Gasteiger partial charge in [-0.05, 0) is 0 Å². The van der Waals surface area contributed by atoms with Gasteiger partial charge < -0.3 is 24.8 Å². The van der Waals surface area contributed by atoms with E-state index in [1.54, 1.807) is 28.8 Å². The Morgan fingerprint density at radius 1 is 0.594 bits per heavy atom. The smallest absolute Gasteiger partial charge is 1.00 e. The molecule has 6 rings (SSSR count). The molecule has 32 heavy (non-hydrogen) atoms. The predicted octanol–water partition coefficient (Wildman–Crippen LogP) is 1.36. The van der Waals surface area contributed by atoms with Gasteiger partial charge in [0.2, 0.25) is 0 Å². The first-order chi connectivity index (χ1) is 14.7. The minimum absolute atomic E-state index is 0. The molecule has 0 aliphatic heterocycles. The predicted molar refractivity (Wildman–Crippen MR) is 129 cm³/mol. The molecule has 4 heteroatoms. The van der Waals surface area contributed by atoms with Crippen LogP contribution in [0.15, 0.2) is 84.9 Å². The van der Waals surface area contributed by atoms with Crippen molar-refractivity contribution in [1.82, 2.24) is 0 Å². The zero-order valence-corrected chi connectivity index (χ0v) is 23.2. The van der Waals surface area contributed by atoms with Crippen LogP contribution in [0.3, 0.4) is 0 Å². The molecule has 0 spiro atoms. The monoisotopic (exact) mass is 548 g/mol. The van der Waals surface area contributed by atoms with E-state index in [9.17, 15) is 0 Å². The van der Waals surface area contributed by atoms with Crippen LogP contribution in [0.1, 0.15) is 22.3 Å². The third-order valence-electron chi connectivity index (χ3n) is 6.61. The molecule has 0 nitrogen and oxygen atoms in total. The van der Waals surface area contributed by atoms with Gasteiger partial charge in [0, 0.05) is 0 Å². The molecule has 0 N–H and O–H groups in total. The summed E-state index contributed by atoms with van der Waals surface area (Å²) in [5.74, 6) is 0. The van der Waals surface area contributed by atoms with Gasteiger partial charge in [-0.1, -0.05) is 0 Å². The number of fused-ring (bicyclic) bond motifs is 4. The number of hydrogen-bond donors (Lipinski definition) is 0. The molecule has 0 bridgehead atoms. The summed E-state index contributed by atoms with van der Waals surface area (Å²) in [7, 11) is 0. The molecule has 0 heterocycles. The van der Waals surface area contributed by atoms with Crippen molar-refractivity contribution in [3.8, 4) is 0 Å². The number of allylic oxidation sites excluding steroid dienone is 2. The molecule has 0 atom stereocenters. The van der Waals surface area contributed by atoms with Crippen LogP contribution >= 0.6 is 0 Å². The summed E-state index contributed by atoms with van der Waals surface area (Å²) in [4.78, 5) is 0. The first-order valence-corrected chi connectivity index (χ1v) is 19.5. The second-order valence-corrected chi connectivity index (χ2v) is 25.6. The van der Waals surface area contributed by atoms with Crippen molar-refractivity contribution >= 4 is 33.5 Å². The van der Waals surface area contributed by atoms with Gasteiger partial charge in [0.1, 0.15) is 0 Å². The fraction of sp³-hybridized carbons (Fsp3) is 0.143. The molecule has 0 unspecified atom stereocenters. The summed E-state index contributed by atoms with van der Waals surface area (Å²) < 4.78 is 3.54. The fourth-order valence-corrected chi connectivity index (χ4v) is 21.7. The summed E-state index contributed by atoms with van der Waals surface area (Å²) in [5.41, 5.74) is 5.87. The average molecular weight is 551 g/mol. The normalized spacial score (nSPS) is 13.3. The first kappa shape index (κ1) is 23.7. The zero-order chi connectivity index (χ0) is 20.2. The summed E-state index contributed by atoms with van der Waals surface area (Å²) in [6.07, 6.45) is 7.45. The van der Waals surface area contributed by atoms with E-state index in [1.807, 2.05) is 0 Å². The van der Waals surface area contributed by atoms with Crippen LogP contribution in [0.2, 0.25) is 13.1 Å². The summed E-state index contributed by atoms with van der Waals surface area (Å²) in [6.45, 7) is 5.14. The molecule has 0 aromatic heterocycles. The van der Waals surface area contributed by atoms with Gasteiger partial charge in [0.15, 0.2) is 0 Å². The van der Waals surface area contributed by atoms with Crippen molar-refractivity contribution in [2.24, 2.45) is 0 Å². The zero-order valence-electron chi connectivity index (χ0n) is 18.3. The molecule has 2 aliphatic carbocycles. The summed E-state index contributed by atoms with van der Waals surface area (Å²) in [5, 5.41) is 5.54. The van der Waals surface area contributed by atoms with Gasteiger partial charge in [0.25, 0.3) is 0 Å². The van der Waals surface area contributed by atoms with E-state index in [4.69, 9.17) is 0 Å². The van der Waals surface area contributed by atoms with Crippen LogP contribution in [0.25, 0.3) is 28.1 Å². The Kier molecular flexibility index (Phi) is 6.99. The van der Waals surface area contributed by atoms with Crippen LogP contribution in [0, 0.1) is 0 Å². The van der Waals surface area contributed by atoms with Gasteiger partial charge in [0.05, 0.1) is 0 Å². The van der Waals surface area contributed by atoms with E-state index in [0.717, 1.165) is 12.8 Å². The van der Waals surface area contributed by atoms with Crippen molar-refractivity contribution < 1.29 is 45.2 Å². The Hall–Kier alpha value is -1.44. The topological polar surface area (TPSA) is 0 Å². The maximum Gasteiger partial charge on any atom is -1.00 e. The van der Waals surface area contributed by atoms with Gasteiger partial charge >= 0.3 is 187 Å². The Bertz CT molecular complexity index is 1350. The molecule has 2 aliphatic rings. The second kappa shape index (κ2) is 9.43. The standard InChI is InChI=1S/2C13H9.C2H6Si.2ClH.Zr/c2*1-2-5-11-9-13-7-3-6-12(13)8-10(11)4-1;1-3-2;;;/h2*1-5,8-9H,6H2;1-2H3;2*1H;/q;;;;;+2/p-2. The average Bonchev–Trinajstić information content (AvgIpc) is 3.35.